The average molecular weight is 223 g/mol. The van der Waals surface area contributed by atoms with Crippen LogP contribution in [0, 0.1) is 0 Å². The molecule has 3 N–H and O–H groups in total. The van der Waals surface area contributed by atoms with Crippen LogP contribution in [0.2, 0.25) is 0 Å². The van der Waals surface area contributed by atoms with Crippen molar-refractivity contribution in [2.24, 2.45) is 0 Å². The average Bonchev–Trinajstić information content (AvgIpc) is 2.34. The summed E-state index contributed by atoms with van der Waals surface area (Å²) in [4.78, 5) is 0. The van der Waals surface area contributed by atoms with Gasteiger partial charge in [-0.1, -0.05) is 18.2 Å². The van der Waals surface area contributed by atoms with E-state index < -0.39 is 0 Å². The fraction of sp³-hybridized carbons (Fsp3) is 0.692. The highest BCUT2D eigenvalue weighted by Crippen LogP contribution is 2.02. The highest BCUT2D eigenvalue weighted by atomic mass is 15.0. The third-order valence-electron chi connectivity index (χ3n) is 2.74. The van der Waals surface area contributed by atoms with Crippen LogP contribution in [0.1, 0.15) is 25.7 Å². The number of hydrogen-bond donors (Lipinski definition) is 3. The first kappa shape index (κ1) is 13.3. The van der Waals surface area contributed by atoms with Crippen LogP contribution in [-0.2, 0) is 0 Å². The van der Waals surface area contributed by atoms with E-state index >= 15 is 0 Å². The van der Waals surface area contributed by atoms with Crippen molar-refractivity contribution in [1.82, 2.24) is 16.0 Å². The van der Waals surface area contributed by atoms with Crippen molar-refractivity contribution in [3.63, 3.8) is 0 Å². The molecule has 0 spiro atoms. The van der Waals surface area contributed by atoms with Crippen LogP contribution in [0.25, 0.3) is 0 Å². The van der Waals surface area contributed by atoms with Gasteiger partial charge in [0.25, 0.3) is 0 Å². The molecule has 0 aromatic rings. The van der Waals surface area contributed by atoms with E-state index in [1.165, 1.54) is 12.8 Å². The van der Waals surface area contributed by atoms with Crippen molar-refractivity contribution in [2.45, 2.75) is 31.7 Å². The molecule has 0 saturated heterocycles. The van der Waals surface area contributed by atoms with Crippen molar-refractivity contribution in [3.8, 4) is 0 Å². The highest BCUT2D eigenvalue weighted by molar-refractivity contribution is 4.91. The first-order valence-corrected chi connectivity index (χ1v) is 6.35. The van der Waals surface area contributed by atoms with Gasteiger partial charge in [0.05, 0.1) is 0 Å². The lowest BCUT2D eigenvalue weighted by Gasteiger charge is -2.20. The van der Waals surface area contributed by atoms with Crippen LogP contribution in [0.4, 0.5) is 0 Å². The predicted octanol–water partition coefficient (Wildman–Crippen LogP) is 1.40. The smallest absolute Gasteiger partial charge is 0.0383 e. The molecule has 1 heterocycles. The Morgan fingerprint density at radius 3 is 2.81 bits per heavy atom. The van der Waals surface area contributed by atoms with Gasteiger partial charge in [-0.15, -0.1) is 0 Å². The fourth-order valence-electron chi connectivity index (χ4n) is 1.75. The summed E-state index contributed by atoms with van der Waals surface area (Å²) in [6, 6.07) is 0.623. The molecule has 0 aliphatic carbocycles. The van der Waals surface area contributed by atoms with E-state index in [2.05, 4.69) is 40.4 Å². The van der Waals surface area contributed by atoms with Gasteiger partial charge in [-0.25, -0.2) is 0 Å². The Hall–Kier alpha value is -0.800. The molecule has 16 heavy (non-hydrogen) atoms. The van der Waals surface area contributed by atoms with Crippen LogP contribution < -0.4 is 16.0 Å². The van der Waals surface area contributed by atoms with Crippen LogP contribution >= 0.6 is 0 Å². The van der Waals surface area contributed by atoms with E-state index in [0.717, 1.165) is 32.5 Å². The zero-order valence-corrected chi connectivity index (χ0v) is 10.3. The van der Waals surface area contributed by atoms with Gasteiger partial charge < -0.3 is 16.0 Å². The maximum Gasteiger partial charge on any atom is 0.0383 e. The molecule has 1 unspecified atom stereocenters. The quantitative estimate of drug-likeness (QED) is 0.430. The lowest BCUT2D eigenvalue weighted by atomic mass is 10.1. The SMILES string of the molecule is CNCC/C=C\CCNCC1CCC=CN1. The summed E-state index contributed by atoms with van der Waals surface area (Å²) in [6.45, 7) is 3.23. The molecule has 1 rings (SSSR count). The second kappa shape index (κ2) is 9.43. The first-order chi connectivity index (χ1) is 7.93. The Morgan fingerprint density at radius 1 is 1.31 bits per heavy atom. The summed E-state index contributed by atoms with van der Waals surface area (Å²) < 4.78 is 0. The number of rotatable bonds is 8. The Bertz CT molecular complexity index is 211. The van der Waals surface area contributed by atoms with Crippen LogP contribution in [0.5, 0.6) is 0 Å². The van der Waals surface area contributed by atoms with Crippen LogP contribution in [0.15, 0.2) is 24.4 Å². The van der Waals surface area contributed by atoms with Gasteiger partial charge in [0.1, 0.15) is 0 Å². The lowest BCUT2D eigenvalue weighted by molar-refractivity contribution is 0.485. The third-order valence-corrected chi connectivity index (χ3v) is 2.74. The summed E-state index contributed by atoms with van der Waals surface area (Å²) >= 11 is 0. The predicted molar refractivity (Wildman–Crippen MR) is 70.5 cm³/mol. The van der Waals surface area contributed by atoms with Gasteiger partial charge >= 0.3 is 0 Å². The standard InChI is InChI=1S/C13H25N3/c1-14-9-5-2-3-6-10-15-12-13-8-4-7-11-16-13/h2-3,7,11,13-16H,4-6,8-10,12H2,1H3/b3-2-. The topological polar surface area (TPSA) is 36.1 Å². The molecule has 1 aliphatic rings. The summed E-state index contributed by atoms with van der Waals surface area (Å²) in [6.07, 6.45) is 13.5. The minimum atomic E-state index is 0.623. The molecule has 3 nitrogen and oxygen atoms in total. The first-order valence-electron chi connectivity index (χ1n) is 6.35. The minimum Gasteiger partial charge on any atom is -0.387 e. The molecular weight excluding hydrogens is 198 g/mol. The van der Waals surface area contributed by atoms with Crippen molar-refractivity contribution < 1.29 is 0 Å². The maximum absolute atomic E-state index is 3.48. The molecule has 0 aromatic carbocycles. The second-order valence-electron chi connectivity index (χ2n) is 4.20. The molecule has 92 valence electrons. The van der Waals surface area contributed by atoms with Gasteiger partial charge in [-0.3, -0.25) is 0 Å². The van der Waals surface area contributed by atoms with Crippen molar-refractivity contribution in [3.05, 3.63) is 24.4 Å². The van der Waals surface area contributed by atoms with Crippen LogP contribution in [-0.4, -0.2) is 32.7 Å². The van der Waals surface area contributed by atoms with E-state index in [4.69, 9.17) is 0 Å². The second-order valence-corrected chi connectivity index (χ2v) is 4.20. The maximum atomic E-state index is 3.48. The zero-order chi connectivity index (χ0) is 11.5. The molecule has 1 atom stereocenters. The highest BCUT2D eigenvalue weighted by Gasteiger charge is 2.06. The van der Waals surface area contributed by atoms with E-state index in [1.54, 1.807) is 0 Å². The van der Waals surface area contributed by atoms with Crippen molar-refractivity contribution >= 4 is 0 Å². The van der Waals surface area contributed by atoms with E-state index in [0.29, 0.717) is 6.04 Å². The molecule has 0 amide bonds. The van der Waals surface area contributed by atoms with Gasteiger partial charge in [0, 0.05) is 12.6 Å². The Balaban J connectivity index is 1.87. The molecule has 0 bridgehead atoms. The molecule has 3 heteroatoms. The van der Waals surface area contributed by atoms with E-state index in [-0.39, 0.29) is 0 Å². The monoisotopic (exact) mass is 223 g/mol. The van der Waals surface area contributed by atoms with Gasteiger partial charge in [0.15, 0.2) is 0 Å². The molecule has 0 fully saturated rings. The third kappa shape index (κ3) is 6.64. The summed E-state index contributed by atoms with van der Waals surface area (Å²) in [5.74, 6) is 0. The van der Waals surface area contributed by atoms with E-state index in [9.17, 15) is 0 Å². The molecule has 0 radical (unpaired) electrons. The molecular formula is C13H25N3. The Labute approximate surface area is 99.4 Å². The summed E-state index contributed by atoms with van der Waals surface area (Å²) in [5.41, 5.74) is 0. The van der Waals surface area contributed by atoms with Gasteiger partial charge in [0.2, 0.25) is 0 Å². The number of hydrogen-bond acceptors (Lipinski definition) is 3. The molecule has 0 aromatic heterocycles. The molecule has 0 saturated carbocycles. The van der Waals surface area contributed by atoms with Gasteiger partial charge in [-0.05, 0) is 52.0 Å². The zero-order valence-electron chi connectivity index (χ0n) is 10.3. The van der Waals surface area contributed by atoms with Crippen LogP contribution in [0.3, 0.4) is 0 Å². The number of nitrogens with one attached hydrogen (secondary N) is 3. The lowest BCUT2D eigenvalue weighted by Crippen LogP contribution is -2.37. The summed E-state index contributed by atoms with van der Waals surface area (Å²) in [7, 11) is 1.99. The van der Waals surface area contributed by atoms with Crippen molar-refractivity contribution in [1.29, 1.82) is 0 Å². The number of allylic oxidation sites excluding steroid dienone is 1. The van der Waals surface area contributed by atoms with Crippen molar-refractivity contribution in [2.75, 3.05) is 26.7 Å². The van der Waals surface area contributed by atoms with E-state index in [1.807, 2.05) is 7.05 Å². The Morgan fingerprint density at radius 2 is 2.12 bits per heavy atom. The fourth-order valence-corrected chi connectivity index (χ4v) is 1.75. The largest absolute Gasteiger partial charge is 0.387 e. The van der Waals surface area contributed by atoms with Gasteiger partial charge in [-0.2, -0.15) is 0 Å². The summed E-state index contributed by atoms with van der Waals surface area (Å²) in [5, 5.41) is 9.98. The molecule has 1 aliphatic heterocycles. The normalized spacial score (nSPS) is 20.2. The minimum absolute atomic E-state index is 0.623. The Kier molecular flexibility index (Phi) is 7.82.